The third-order valence-corrected chi connectivity index (χ3v) is 4.35. The molecule has 0 spiro atoms. The molecule has 6 nitrogen and oxygen atoms in total. The summed E-state index contributed by atoms with van der Waals surface area (Å²) in [5.41, 5.74) is 7.81. The van der Waals surface area contributed by atoms with Crippen molar-refractivity contribution >= 4 is 29.2 Å². The number of aryl methyl sites for hydroxylation is 1. The number of nitrogens with zero attached hydrogens (tertiary/aromatic N) is 1. The maximum Gasteiger partial charge on any atom is 0.282 e. The number of benzene rings is 2. The van der Waals surface area contributed by atoms with Crippen LogP contribution in [-0.2, 0) is 11.2 Å². The molecule has 0 fully saturated rings. The summed E-state index contributed by atoms with van der Waals surface area (Å²) in [4.78, 5) is 16.7. The molecule has 0 unspecified atom stereocenters. The van der Waals surface area contributed by atoms with Crippen LogP contribution in [0.1, 0.15) is 22.3 Å². The molecule has 2 aromatic carbocycles. The summed E-state index contributed by atoms with van der Waals surface area (Å²) >= 11 is 5.93. The van der Waals surface area contributed by atoms with Crippen LogP contribution in [0.15, 0.2) is 47.5 Å². The molecule has 1 atom stereocenters. The van der Waals surface area contributed by atoms with Crippen molar-refractivity contribution in [1.82, 2.24) is 0 Å². The number of ether oxygens (including phenoxy) is 2. The Bertz CT molecular complexity index is 821. The van der Waals surface area contributed by atoms with Crippen molar-refractivity contribution in [2.45, 2.75) is 18.9 Å². The maximum atomic E-state index is 12.4. The SMILES string of the molecule is COc1cc(Cl)ccc1C(=O)Nc1ccc(CC[C@H]2COC(N)=N2)cc1. The Labute approximate surface area is 157 Å². The Morgan fingerprint density at radius 3 is 2.77 bits per heavy atom. The number of aliphatic imine (C=N–C) groups is 1. The second-order valence-electron chi connectivity index (χ2n) is 5.97. The maximum absolute atomic E-state index is 12.4. The molecule has 0 radical (unpaired) electrons. The number of nitrogens with one attached hydrogen (secondary N) is 1. The van der Waals surface area contributed by atoms with Gasteiger partial charge in [0, 0.05) is 10.7 Å². The number of halogens is 1. The van der Waals surface area contributed by atoms with Gasteiger partial charge in [-0.3, -0.25) is 4.79 Å². The van der Waals surface area contributed by atoms with E-state index in [2.05, 4.69) is 10.3 Å². The molecule has 136 valence electrons. The van der Waals surface area contributed by atoms with Crippen molar-refractivity contribution in [3.63, 3.8) is 0 Å². The van der Waals surface area contributed by atoms with Crippen LogP contribution in [0.5, 0.6) is 5.75 Å². The number of carbonyl (C=O) groups is 1. The van der Waals surface area contributed by atoms with Crippen molar-refractivity contribution in [2.24, 2.45) is 10.7 Å². The predicted octanol–water partition coefficient (Wildman–Crippen LogP) is 3.25. The first kappa shape index (κ1) is 18.1. The van der Waals surface area contributed by atoms with Gasteiger partial charge in [-0.05, 0) is 48.7 Å². The van der Waals surface area contributed by atoms with E-state index in [1.807, 2.05) is 24.3 Å². The van der Waals surface area contributed by atoms with Gasteiger partial charge in [0.15, 0.2) is 0 Å². The van der Waals surface area contributed by atoms with E-state index in [-0.39, 0.29) is 18.0 Å². The molecule has 2 aromatic rings. The fourth-order valence-corrected chi connectivity index (χ4v) is 2.89. The van der Waals surface area contributed by atoms with E-state index in [0.717, 1.165) is 18.4 Å². The fraction of sp³-hybridized carbons (Fsp3) is 0.263. The zero-order valence-electron chi connectivity index (χ0n) is 14.4. The third-order valence-electron chi connectivity index (χ3n) is 4.12. The van der Waals surface area contributed by atoms with E-state index in [1.54, 1.807) is 18.2 Å². The van der Waals surface area contributed by atoms with Crippen molar-refractivity contribution in [3.05, 3.63) is 58.6 Å². The molecular weight excluding hydrogens is 354 g/mol. The largest absolute Gasteiger partial charge is 0.496 e. The molecule has 0 aliphatic carbocycles. The quantitative estimate of drug-likeness (QED) is 0.813. The number of hydrogen-bond donors (Lipinski definition) is 2. The zero-order chi connectivity index (χ0) is 18.5. The molecule has 1 heterocycles. The van der Waals surface area contributed by atoms with Crippen LogP contribution < -0.4 is 15.8 Å². The Balaban J connectivity index is 1.59. The van der Waals surface area contributed by atoms with Gasteiger partial charge in [-0.25, -0.2) is 4.99 Å². The Hall–Kier alpha value is -2.73. The number of carbonyl (C=O) groups excluding carboxylic acids is 1. The van der Waals surface area contributed by atoms with Gasteiger partial charge in [-0.2, -0.15) is 0 Å². The van der Waals surface area contributed by atoms with Gasteiger partial charge in [0.1, 0.15) is 12.4 Å². The number of amidine groups is 1. The lowest BCUT2D eigenvalue weighted by Gasteiger charge is -2.10. The van der Waals surface area contributed by atoms with Gasteiger partial charge in [-0.1, -0.05) is 23.7 Å². The highest BCUT2D eigenvalue weighted by Gasteiger charge is 2.16. The number of nitrogens with two attached hydrogens (primary N) is 1. The minimum absolute atomic E-state index is 0.117. The first-order valence-corrected chi connectivity index (χ1v) is 8.63. The minimum Gasteiger partial charge on any atom is -0.496 e. The molecule has 0 aromatic heterocycles. The summed E-state index contributed by atoms with van der Waals surface area (Å²) in [6, 6.07) is 13.0. The molecule has 3 rings (SSSR count). The lowest BCUT2D eigenvalue weighted by atomic mass is 10.1. The van der Waals surface area contributed by atoms with E-state index < -0.39 is 0 Å². The van der Waals surface area contributed by atoms with Gasteiger partial charge in [0.25, 0.3) is 11.9 Å². The first-order valence-electron chi connectivity index (χ1n) is 8.25. The van der Waals surface area contributed by atoms with Crippen LogP contribution in [-0.4, -0.2) is 31.7 Å². The molecule has 1 amide bonds. The number of anilines is 1. The topological polar surface area (TPSA) is 85.9 Å². The Morgan fingerprint density at radius 1 is 1.35 bits per heavy atom. The van der Waals surface area contributed by atoms with Crippen LogP contribution in [0.4, 0.5) is 5.69 Å². The Kier molecular flexibility index (Phi) is 5.63. The summed E-state index contributed by atoms with van der Waals surface area (Å²) in [5, 5.41) is 3.38. The van der Waals surface area contributed by atoms with Crippen LogP contribution in [0.3, 0.4) is 0 Å². The molecule has 1 aliphatic heterocycles. The summed E-state index contributed by atoms with van der Waals surface area (Å²) in [6.07, 6.45) is 1.73. The normalized spacial score (nSPS) is 15.9. The second kappa shape index (κ2) is 8.10. The lowest BCUT2D eigenvalue weighted by molar-refractivity contribution is 0.102. The number of methoxy groups -OCH3 is 1. The van der Waals surface area contributed by atoms with Crippen molar-refractivity contribution in [1.29, 1.82) is 0 Å². The number of amides is 1. The summed E-state index contributed by atoms with van der Waals surface area (Å²) in [5.74, 6) is 0.185. The van der Waals surface area contributed by atoms with E-state index in [0.29, 0.717) is 28.6 Å². The summed E-state index contributed by atoms with van der Waals surface area (Å²) < 4.78 is 10.4. The highest BCUT2D eigenvalue weighted by molar-refractivity contribution is 6.31. The lowest BCUT2D eigenvalue weighted by Crippen LogP contribution is -2.13. The minimum atomic E-state index is -0.251. The molecule has 26 heavy (non-hydrogen) atoms. The van der Waals surface area contributed by atoms with Crippen LogP contribution in [0, 0.1) is 0 Å². The highest BCUT2D eigenvalue weighted by atomic mass is 35.5. The number of hydrogen-bond acceptors (Lipinski definition) is 5. The number of rotatable bonds is 6. The molecule has 0 bridgehead atoms. The van der Waals surface area contributed by atoms with Crippen LogP contribution in [0.25, 0.3) is 0 Å². The predicted molar refractivity (Wildman–Crippen MR) is 102 cm³/mol. The van der Waals surface area contributed by atoms with Gasteiger partial charge in [0.05, 0.1) is 18.7 Å². The molecular formula is C19H20ClN3O3. The van der Waals surface area contributed by atoms with Gasteiger partial charge < -0.3 is 20.5 Å². The van der Waals surface area contributed by atoms with Gasteiger partial charge in [0.2, 0.25) is 0 Å². The van der Waals surface area contributed by atoms with Crippen molar-refractivity contribution in [3.8, 4) is 5.75 Å². The summed E-state index contributed by atoms with van der Waals surface area (Å²) in [6.45, 7) is 0.545. The van der Waals surface area contributed by atoms with E-state index in [4.69, 9.17) is 26.8 Å². The monoisotopic (exact) mass is 373 g/mol. The first-order chi connectivity index (χ1) is 12.5. The third kappa shape index (κ3) is 4.46. The van der Waals surface area contributed by atoms with E-state index >= 15 is 0 Å². The molecule has 0 saturated carbocycles. The average Bonchev–Trinajstić information content (AvgIpc) is 3.06. The Morgan fingerprint density at radius 2 is 2.12 bits per heavy atom. The molecule has 0 saturated heterocycles. The summed E-state index contributed by atoms with van der Waals surface area (Å²) in [7, 11) is 1.50. The van der Waals surface area contributed by atoms with Crippen LogP contribution in [0.2, 0.25) is 5.02 Å². The smallest absolute Gasteiger partial charge is 0.282 e. The fourth-order valence-electron chi connectivity index (χ4n) is 2.72. The molecule has 7 heteroatoms. The van der Waals surface area contributed by atoms with Crippen molar-refractivity contribution < 1.29 is 14.3 Å². The molecule has 1 aliphatic rings. The second-order valence-corrected chi connectivity index (χ2v) is 6.40. The highest BCUT2D eigenvalue weighted by Crippen LogP contribution is 2.24. The van der Waals surface area contributed by atoms with Gasteiger partial charge in [-0.15, -0.1) is 0 Å². The van der Waals surface area contributed by atoms with Crippen LogP contribution >= 0.6 is 11.6 Å². The van der Waals surface area contributed by atoms with Gasteiger partial charge >= 0.3 is 0 Å². The standard InChI is InChI=1S/C19H20ClN3O3/c1-25-17-10-13(20)5-9-16(17)18(24)22-14-6-2-12(3-7-14)4-8-15-11-26-19(21)23-15/h2-3,5-7,9-10,15H,4,8,11H2,1H3,(H2,21,23)(H,22,24)/t15-/m0/s1. The average molecular weight is 374 g/mol. The zero-order valence-corrected chi connectivity index (χ0v) is 15.1. The van der Waals surface area contributed by atoms with E-state index in [1.165, 1.54) is 7.11 Å². The van der Waals surface area contributed by atoms with E-state index in [9.17, 15) is 4.79 Å². The molecule has 3 N–H and O–H groups in total. The van der Waals surface area contributed by atoms with Crippen molar-refractivity contribution in [2.75, 3.05) is 19.0 Å².